The van der Waals surface area contributed by atoms with Gasteiger partial charge in [0, 0.05) is 18.1 Å². The summed E-state index contributed by atoms with van der Waals surface area (Å²) in [6.45, 7) is 0.755. The predicted octanol–water partition coefficient (Wildman–Crippen LogP) is 1.31. The number of hydrogen-bond acceptors (Lipinski definition) is 4. The van der Waals surface area contributed by atoms with Crippen LogP contribution in [0.4, 0.5) is 5.69 Å². The molecule has 1 aromatic rings. The van der Waals surface area contributed by atoms with Gasteiger partial charge in [-0.3, -0.25) is 10.1 Å². The molecule has 0 N–H and O–H groups in total. The van der Waals surface area contributed by atoms with Gasteiger partial charge in [-0.25, -0.2) is 0 Å². The van der Waals surface area contributed by atoms with Crippen LogP contribution in [-0.4, -0.2) is 24.4 Å². The van der Waals surface area contributed by atoms with Crippen LogP contribution in [0.2, 0.25) is 0 Å². The Labute approximate surface area is 86.8 Å². The van der Waals surface area contributed by atoms with Crippen molar-refractivity contribution in [1.82, 2.24) is 0 Å². The Kier molecular flexibility index (Phi) is 2.94. The fourth-order valence-electron chi connectivity index (χ4n) is 1.51. The average Bonchev–Trinajstić information content (AvgIpc) is 2.71. The number of nitro benzene ring substituents is 1. The number of rotatable bonds is 3. The number of nitro groups is 1. The fraction of sp³-hybridized carbons (Fsp3) is 0.400. The summed E-state index contributed by atoms with van der Waals surface area (Å²) < 4.78 is 10.3. The van der Waals surface area contributed by atoms with E-state index in [1.54, 1.807) is 12.1 Å². The summed E-state index contributed by atoms with van der Waals surface area (Å²) in [5.41, 5.74) is 0.658. The van der Waals surface area contributed by atoms with E-state index < -0.39 is 4.92 Å². The Bertz CT molecular complexity index is 360. The van der Waals surface area contributed by atoms with Gasteiger partial charge in [0.2, 0.25) is 0 Å². The zero-order valence-corrected chi connectivity index (χ0v) is 8.01. The van der Waals surface area contributed by atoms with Crippen molar-refractivity contribution >= 4 is 5.69 Å². The average molecular weight is 208 g/mol. The van der Waals surface area contributed by atoms with Gasteiger partial charge >= 0.3 is 0 Å². The molecule has 79 valence electrons. The Morgan fingerprint density at radius 2 is 2.53 bits per heavy atom. The Balaban J connectivity index is 2.15. The first-order chi connectivity index (χ1) is 7.27. The minimum absolute atomic E-state index is 0.0907. The molecule has 1 unspecified atom stereocenters. The summed E-state index contributed by atoms with van der Waals surface area (Å²) in [6, 6.07) is 7.61. The third-order valence-corrected chi connectivity index (χ3v) is 2.24. The monoisotopic (exact) mass is 208 g/mol. The number of hydrogen-bond donors (Lipinski definition) is 0. The molecule has 15 heavy (non-hydrogen) atoms. The van der Waals surface area contributed by atoms with Crippen molar-refractivity contribution < 1.29 is 14.4 Å². The van der Waals surface area contributed by atoms with E-state index in [0.29, 0.717) is 18.6 Å². The van der Waals surface area contributed by atoms with Crippen molar-refractivity contribution in [3.05, 3.63) is 39.9 Å². The molecule has 0 aromatic heterocycles. The highest BCUT2D eigenvalue weighted by molar-refractivity contribution is 5.39. The minimum atomic E-state index is -0.401. The third-order valence-electron chi connectivity index (χ3n) is 2.24. The topological polar surface area (TPSA) is 61.6 Å². The zero-order chi connectivity index (χ0) is 10.7. The van der Waals surface area contributed by atoms with E-state index >= 15 is 0 Å². The maximum Gasteiger partial charge on any atom is 0.273 e. The summed E-state index contributed by atoms with van der Waals surface area (Å²) in [5.74, 6) is 0. The molecule has 0 aliphatic carbocycles. The molecule has 0 saturated carbocycles. The van der Waals surface area contributed by atoms with Crippen LogP contribution in [0.3, 0.4) is 0 Å². The Morgan fingerprint density at radius 3 is 3.20 bits per heavy atom. The second-order valence-electron chi connectivity index (χ2n) is 3.27. The van der Waals surface area contributed by atoms with Crippen LogP contribution < -0.4 is 0 Å². The van der Waals surface area contributed by atoms with E-state index in [1.807, 2.05) is 0 Å². The van der Waals surface area contributed by atoms with Crippen LogP contribution in [0.1, 0.15) is 5.56 Å². The lowest BCUT2D eigenvalue weighted by Gasteiger charge is -2.06. The van der Waals surface area contributed by atoms with Gasteiger partial charge in [0.05, 0.1) is 17.6 Å². The van der Waals surface area contributed by atoms with Gasteiger partial charge in [0.25, 0.3) is 5.69 Å². The van der Waals surface area contributed by atoms with Crippen LogP contribution in [-0.2, 0) is 15.9 Å². The maximum absolute atomic E-state index is 10.7. The van der Waals surface area contributed by atoms with Crippen molar-refractivity contribution in [3.63, 3.8) is 0 Å². The van der Waals surface area contributed by atoms with Crippen LogP contribution in [0.15, 0.2) is 18.2 Å². The van der Waals surface area contributed by atoms with E-state index in [-0.39, 0.29) is 18.6 Å². The van der Waals surface area contributed by atoms with Crippen molar-refractivity contribution in [2.45, 2.75) is 12.5 Å². The second-order valence-corrected chi connectivity index (χ2v) is 3.27. The smallest absolute Gasteiger partial charge is 0.273 e. The highest BCUT2D eigenvalue weighted by Crippen LogP contribution is 2.20. The van der Waals surface area contributed by atoms with Crippen LogP contribution >= 0.6 is 0 Å². The predicted molar refractivity (Wildman–Crippen MR) is 51.3 cm³/mol. The molecular weight excluding hydrogens is 198 g/mol. The number of nitrogens with zero attached hydrogens (tertiary/aromatic N) is 1. The molecule has 0 bridgehead atoms. The van der Waals surface area contributed by atoms with Gasteiger partial charge in [-0.15, -0.1) is 0 Å². The van der Waals surface area contributed by atoms with Gasteiger partial charge < -0.3 is 9.47 Å². The lowest BCUT2D eigenvalue weighted by molar-refractivity contribution is -0.385. The molecule has 0 amide bonds. The van der Waals surface area contributed by atoms with Crippen molar-refractivity contribution in [1.29, 1.82) is 0 Å². The van der Waals surface area contributed by atoms with Crippen molar-refractivity contribution in [2.75, 3.05) is 13.4 Å². The molecule has 1 aliphatic heterocycles. The van der Waals surface area contributed by atoms with E-state index in [1.165, 1.54) is 6.07 Å². The summed E-state index contributed by atoms with van der Waals surface area (Å²) in [6.07, 6.45) is 0.374. The van der Waals surface area contributed by atoms with E-state index in [0.717, 1.165) is 0 Å². The molecule has 5 heteroatoms. The van der Waals surface area contributed by atoms with Crippen LogP contribution in [0, 0.1) is 16.2 Å². The molecule has 5 nitrogen and oxygen atoms in total. The first-order valence-electron chi connectivity index (χ1n) is 4.60. The van der Waals surface area contributed by atoms with Crippen LogP contribution in [0.25, 0.3) is 0 Å². The normalized spacial score (nSPS) is 20.4. The van der Waals surface area contributed by atoms with Gasteiger partial charge in [-0.05, 0) is 6.07 Å². The molecule has 1 radical (unpaired) electrons. The Hall–Kier alpha value is -1.46. The first-order valence-corrected chi connectivity index (χ1v) is 4.60. The standard InChI is InChI=1S/C10H10NO4/c12-11(13)10-4-2-1-3-8(10)5-9-6-14-7-15-9/h1-2,4,9H,5-7H2. The van der Waals surface area contributed by atoms with Gasteiger partial charge in [0.15, 0.2) is 0 Å². The van der Waals surface area contributed by atoms with Gasteiger partial charge in [-0.2, -0.15) is 0 Å². The molecule has 1 fully saturated rings. The summed E-state index contributed by atoms with van der Waals surface area (Å²) in [4.78, 5) is 10.3. The molecular formula is C10H10NO4. The van der Waals surface area contributed by atoms with Crippen molar-refractivity contribution in [3.8, 4) is 0 Å². The van der Waals surface area contributed by atoms with E-state index in [2.05, 4.69) is 6.07 Å². The third kappa shape index (κ3) is 2.31. The number of ether oxygens (including phenoxy) is 2. The molecule has 1 aromatic carbocycles. The van der Waals surface area contributed by atoms with E-state index in [4.69, 9.17) is 9.47 Å². The lowest BCUT2D eigenvalue weighted by atomic mass is 10.1. The Morgan fingerprint density at radius 1 is 1.67 bits per heavy atom. The zero-order valence-electron chi connectivity index (χ0n) is 8.01. The molecule has 1 heterocycles. The highest BCUT2D eigenvalue weighted by atomic mass is 16.7. The van der Waals surface area contributed by atoms with E-state index in [9.17, 15) is 10.1 Å². The molecule has 1 saturated heterocycles. The number of benzene rings is 1. The summed E-state index contributed by atoms with van der Waals surface area (Å²) in [7, 11) is 0. The molecule has 2 rings (SSSR count). The second kappa shape index (κ2) is 4.37. The molecule has 0 spiro atoms. The summed E-state index contributed by atoms with van der Waals surface area (Å²) in [5, 5.41) is 10.7. The molecule has 1 aliphatic rings. The maximum atomic E-state index is 10.7. The quantitative estimate of drug-likeness (QED) is 0.555. The summed E-state index contributed by atoms with van der Waals surface area (Å²) >= 11 is 0. The lowest BCUT2D eigenvalue weighted by Crippen LogP contribution is -2.14. The fourth-order valence-corrected chi connectivity index (χ4v) is 1.51. The first kappa shape index (κ1) is 10.1. The van der Waals surface area contributed by atoms with Gasteiger partial charge in [0.1, 0.15) is 6.79 Å². The van der Waals surface area contributed by atoms with Crippen molar-refractivity contribution in [2.24, 2.45) is 0 Å². The largest absolute Gasteiger partial charge is 0.353 e. The van der Waals surface area contributed by atoms with Crippen LogP contribution in [0.5, 0.6) is 0 Å². The van der Waals surface area contributed by atoms with Gasteiger partial charge in [-0.1, -0.05) is 12.1 Å². The minimum Gasteiger partial charge on any atom is -0.353 e. The molecule has 1 atom stereocenters. The highest BCUT2D eigenvalue weighted by Gasteiger charge is 2.21. The SMILES string of the molecule is O=[N+]([O-])c1ccc[c]c1CC1COCO1.